The van der Waals surface area contributed by atoms with E-state index in [1.807, 2.05) is 0 Å². The van der Waals surface area contributed by atoms with Crippen molar-refractivity contribution in [2.24, 2.45) is 0 Å². The van der Waals surface area contributed by atoms with Crippen molar-refractivity contribution in [3.05, 3.63) is 12.2 Å². The van der Waals surface area contributed by atoms with Crippen molar-refractivity contribution in [1.29, 1.82) is 0 Å². The normalized spacial score (nSPS) is 14.8. The number of aliphatic hydroxyl groups excluding tert-OH is 1. The van der Waals surface area contributed by atoms with Crippen LogP contribution in [0.1, 0.15) is 6.42 Å². The van der Waals surface area contributed by atoms with E-state index in [4.69, 9.17) is 10.2 Å². The number of carboxylic acids is 1. The van der Waals surface area contributed by atoms with Crippen LogP contribution in [0.4, 0.5) is 0 Å². The average molecular weight is 235 g/mol. The number of rotatable bonds is 6. The van der Waals surface area contributed by atoms with Crippen LogP contribution in [0.3, 0.4) is 0 Å². The third kappa shape index (κ3) is 6.04. The Morgan fingerprint density at radius 3 is 2.53 bits per heavy atom. The molecule has 6 nitrogen and oxygen atoms in total. The van der Waals surface area contributed by atoms with Gasteiger partial charge in [-0.15, -0.1) is 0 Å². The Bertz CT molecular complexity index is 289. The van der Waals surface area contributed by atoms with Crippen LogP contribution >= 0.6 is 7.80 Å². The standard InChI is InChI=1S/C8H14NO5P/c1-9-7(11)4-6(15(14)5-10)2-3-8(12)13/h2-3,6,10,15H,4-5H2,1H3,(H,9,11)(H,12,13)/b3-2-. The first-order chi connectivity index (χ1) is 7.01. The summed E-state index contributed by atoms with van der Waals surface area (Å²) in [4.78, 5) is 21.2. The summed E-state index contributed by atoms with van der Waals surface area (Å²) in [6.07, 6.45) is 1.38. The van der Waals surface area contributed by atoms with Crippen LogP contribution in [0.25, 0.3) is 0 Å². The molecule has 0 saturated carbocycles. The fourth-order valence-corrected chi connectivity index (χ4v) is 1.87. The Morgan fingerprint density at radius 2 is 2.13 bits per heavy atom. The van der Waals surface area contributed by atoms with Crippen LogP contribution in [-0.4, -0.2) is 41.1 Å². The number of carboxylic acid groups (broad SMARTS) is 1. The summed E-state index contributed by atoms with van der Waals surface area (Å²) in [5.41, 5.74) is -0.712. The highest BCUT2D eigenvalue weighted by molar-refractivity contribution is 7.45. The van der Waals surface area contributed by atoms with Crippen LogP contribution < -0.4 is 5.32 Å². The fourth-order valence-electron chi connectivity index (χ4n) is 0.907. The second-order valence-electron chi connectivity index (χ2n) is 2.81. The lowest BCUT2D eigenvalue weighted by Crippen LogP contribution is -2.22. The van der Waals surface area contributed by atoms with Gasteiger partial charge in [0.15, 0.2) is 0 Å². The summed E-state index contributed by atoms with van der Waals surface area (Å²) >= 11 is 0. The van der Waals surface area contributed by atoms with Gasteiger partial charge >= 0.3 is 5.97 Å². The molecule has 0 aromatic heterocycles. The molecule has 3 N–H and O–H groups in total. The summed E-state index contributed by atoms with van der Waals surface area (Å²) in [6.45, 7) is 0. The molecule has 0 aromatic carbocycles. The van der Waals surface area contributed by atoms with Gasteiger partial charge < -0.3 is 20.1 Å². The zero-order valence-electron chi connectivity index (χ0n) is 8.27. The van der Waals surface area contributed by atoms with E-state index in [-0.39, 0.29) is 12.3 Å². The molecule has 0 fully saturated rings. The third-order valence-electron chi connectivity index (χ3n) is 1.72. The lowest BCUT2D eigenvalue weighted by atomic mass is 10.2. The van der Waals surface area contributed by atoms with Gasteiger partial charge in [-0.2, -0.15) is 0 Å². The molecule has 0 spiro atoms. The summed E-state index contributed by atoms with van der Waals surface area (Å²) in [5, 5.41) is 19.4. The molecule has 0 rings (SSSR count). The molecule has 0 aliphatic heterocycles. The largest absolute Gasteiger partial charge is 0.478 e. The van der Waals surface area contributed by atoms with Crippen LogP contribution in [0.2, 0.25) is 0 Å². The second kappa shape index (κ2) is 7.20. The van der Waals surface area contributed by atoms with Crippen molar-refractivity contribution >= 4 is 19.7 Å². The van der Waals surface area contributed by atoms with Gasteiger partial charge in [0.1, 0.15) is 7.80 Å². The molecule has 0 heterocycles. The molecule has 2 unspecified atom stereocenters. The van der Waals surface area contributed by atoms with E-state index in [1.165, 1.54) is 13.1 Å². The van der Waals surface area contributed by atoms with E-state index >= 15 is 0 Å². The number of hydrogen-bond acceptors (Lipinski definition) is 4. The predicted molar refractivity (Wildman–Crippen MR) is 55.3 cm³/mol. The average Bonchev–Trinajstić information content (AvgIpc) is 2.22. The lowest BCUT2D eigenvalue weighted by Gasteiger charge is -2.09. The highest BCUT2D eigenvalue weighted by Gasteiger charge is 2.16. The van der Waals surface area contributed by atoms with Crippen molar-refractivity contribution in [2.45, 2.75) is 12.1 Å². The Hall–Kier alpha value is -1.13. The summed E-state index contributed by atoms with van der Waals surface area (Å²) < 4.78 is 11.3. The van der Waals surface area contributed by atoms with Crippen molar-refractivity contribution < 1.29 is 24.4 Å². The zero-order chi connectivity index (χ0) is 11.8. The zero-order valence-corrected chi connectivity index (χ0v) is 9.27. The van der Waals surface area contributed by atoms with E-state index in [0.717, 1.165) is 6.08 Å². The number of amides is 1. The number of nitrogens with one attached hydrogen (secondary N) is 1. The maximum atomic E-state index is 11.3. The van der Waals surface area contributed by atoms with E-state index in [1.54, 1.807) is 0 Å². The van der Waals surface area contributed by atoms with Gasteiger partial charge in [0, 0.05) is 25.2 Å². The minimum atomic E-state index is -2.37. The minimum absolute atomic E-state index is 0.0847. The molecule has 0 saturated heterocycles. The van der Waals surface area contributed by atoms with Gasteiger partial charge in [-0.1, -0.05) is 6.08 Å². The van der Waals surface area contributed by atoms with Crippen molar-refractivity contribution in [3.63, 3.8) is 0 Å². The van der Waals surface area contributed by atoms with Crippen molar-refractivity contribution in [3.8, 4) is 0 Å². The molecule has 15 heavy (non-hydrogen) atoms. The Morgan fingerprint density at radius 1 is 1.53 bits per heavy atom. The molecule has 86 valence electrons. The number of allylic oxidation sites excluding steroid dienone is 1. The maximum Gasteiger partial charge on any atom is 0.328 e. The molecule has 0 bridgehead atoms. The van der Waals surface area contributed by atoms with Gasteiger partial charge in [0.2, 0.25) is 5.91 Å². The number of carbonyl (C=O) groups is 2. The smallest absolute Gasteiger partial charge is 0.328 e. The molecule has 0 radical (unpaired) electrons. The quantitative estimate of drug-likeness (QED) is 0.431. The van der Waals surface area contributed by atoms with E-state index in [0.29, 0.717) is 0 Å². The first-order valence-electron chi connectivity index (χ1n) is 4.26. The highest BCUT2D eigenvalue weighted by atomic mass is 31.1. The predicted octanol–water partition coefficient (Wildman–Crippen LogP) is -0.359. The molecule has 1 amide bonds. The van der Waals surface area contributed by atoms with E-state index < -0.39 is 25.8 Å². The first-order valence-corrected chi connectivity index (χ1v) is 5.95. The SMILES string of the molecule is CNC(=O)CC(/C=C\C(=O)O)[PH](=O)CO. The van der Waals surface area contributed by atoms with Crippen molar-refractivity contribution in [2.75, 3.05) is 13.4 Å². The second-order valence-corrected chi connectivity index (χ2v) is 4.80. The highest BCUT2D eigenvalue weighted by Crippen LogP contribution is 2.30. The van der Waals surface area contributed by atoms with Crippen LogP contribution in [0, 0.1) is 0 Å². The number of hydrogen-bond donors (Lipinski definition) is 3. The van der Waals surface area contributed by atoms with Crippen molar-refractivity contribution in [1.82, 2.24) is 5.32 Å². The molecule has 0 aromatic rings. The van der Waals surface area contributed by atoms with Gasteiger partial charge in [-0.05, 0) is 0 Å². The molecule has 2 atom stereocenters. The first kappa shape index (κ1) is 13.9. The number of aliphatic hydroxyl groups is 1. The van der Waals surface area contributed by atoms with Gasteiger partial charge in [0.25, 0.3) is 0 Å². The van der Waals surface area contributed by atoms with Gasteiger partial charge in [0.05, 0.1) is 6.35 Å². The van der Waals surface area contributed by atoms with Crippen LogP contribution in [0.5, 0.6) is 0 Å². The lowest BCUT2D eigenvalue weighted by molar-refractivity contribution is -0.131. The molecule has 7 heteroatoms. The van der Waals surface area contributed by atoms with E-state index in [9.17, 15) is 14.2 Å². The number of aliphatic carboxylic acids is 1. The Balaban J connectivity index is 4.51. The van der Waals surface area contributed by atoms with E-state index in [2.05, 4.69) is 5.32 Å². The summed E-state index contributed by atoms with van der Waals surface area (Å²) in [6, 6.07) is 0. The summed E-state index contributed by atoms with van der Waals surface area (Å²) in [7, 11) is -0.946. The molecular formula is C8H14NO5P. The minimum Gasteiger partial charge on any atom is -0.478 e. The maximum absolute atomic E-state index is 11.3. The Labute approximate surface area is 87.8 Å². The summed E-state index contributed by atoms with van der Waals surface area (Å²) in [5.74, 6) is -1.52. The topological polar surface area (TPSA) is 104 Å². The van der Waals surface area contributed by atoms with Gasteiger partial charge in [-0.25, -0.2) is 4.79 Å². The molecular weight excluding hydrogens is 221 g/mol. The van der Waals surface area contributed by atoms with Gasteiger partial charge in [-0.3, -0.25) is 4.79 Å². The van der Waals surface area contributed by atoms with Crippen LogP contribution in [-0.2, 0) is 14.2 Å². The third-order valence-corrected chi connectivity index (χ3v) is 3.26. The fraction of sp³-hybridized carbons (Fsp3) is 0.500. The van der Waals surface area contributed by atoms with Crippen LogP contribution in [0.15, 0.2) is 12.2 Å². The molecule has 0 aliphatic rings. The molecule has 0 aliphatic carbocycles. The monoisotopic (exact) mass is 235 g/mol. The Kier molecular flexibility index (Phi) is 6.66. The number of carbonyl (C=O) groups excluding carboxylic acids is 1.